The molecule has 24 heavy (non-hydrogen) atoms. The standard InChI is InChI=1S/C24H28/c1-3-5-7-8-10-20-12-16-24-22(18-20)14-13-21-17-19(9-6-4-2)11-15-23(21)24/h3-5,11-12,15-18H,2,6-10,13-14H2,1H3/b5-3+. The van der Waals surface area contributed by atoms with Crippen molar-refractivity contribution in [1.82, 2.24) is 0 Å². The third kappa shape index (κ3) is 3.87. The SMILES string of the molecule is C=CCCc1ccc2c(c1)CCc1cc(CCC/C=C/C)ccc1-2. The largest absolute Gasteiger partial charge is 0.103 e. The minimum Gasteiger partial charge on any atom is -0.103 e. The summed E-state index contributed by atoms with van der Waals surface area (Å²) in [5.74, 6) is 0. The maximum Gasteiger partial charge on any atom is -0.0149 e. The molecule has 0 radical (unpaired) electrons. The maximum atomic E-state index is 3.83. The zero-order valence-electron chi connectivity index (χ0n) is 14.9. The Morgan fingerprint density at radius 2 is 1.50 bits per heavy atom. The molecule has 0 saturated carbocycles. The Bertz CT molecular complexity index is 734. The van der Waals surface area contributed by atoms with Crippen LogP contribution in [0.3, 0.4) is 0 Å². The van der Waals surface area contributed by atoms with Crippen molar-refractivity contribution in [3.05, 3.63) is 83.5 Å². The fraction of sp³-hybridized carbons (Fsp3) is 0.333. The van der Waals surface area contributed by atoms with Gasteiger partial charge in [0.2, 0.25) is 0 Å². The summed E-state index contributed by atoms with van der Waals surface area (Å²) >= 11 is 0. The lowest BCUT2D eigenvalue weighted by Crippen LogP contribution is -2.05. The summed E-state index contributed by atoms with van der Waals surface area (Å²) in [5.41, 5.74) is 8.87. The van der Waals surface area contributed by atoms with E-state index in [2.05, 4.69) is 62.1 Å². The van der Waals surface area contributed by atoms with Crippen LogP contribution in [0.4, 0.5) is 0 Å². The number of fused-ring (bicyclic) bond motifs is 3. The van der Waals surface area contributed by atoms with Crippen LogP contribution in [0.25, 0.3) is 11.1 Å². The van der Waals surface area contributed by atoms with Crippen molar-refractivity contribution >= 4 is 0 Å². The molecule has 2 aromatic rings. The van der Waals surface area contributed by atoms with Crippen molar-refractivity contribution in [3.63, 3.8) is 0 Å². The van der Waals surface area contributed by atoms with Gasteiger partial charge in [-0.1, -0.05) is 54.6 Å². The van der Waals surface area contributed by atoms with Crippen LogP contribution in [-0.4, -0.2) is 0 Å². The number of unbranched alkanes of at least 4 members (excludes halogenated alkanes) is 1. The third-order valence-electron chi connectivity index (χ3n) is 5.00. The maximum absolute atomic E-state index is 3.83. The lowest BCUT2D eigenvalue weighted by Gasteiger charge is -2.21. The smallest absolute Gasteiger partial charge is 0.0149 e. The van der Waals surface area contributed by atoms with Gasteiger partial charge in [0, 0.05) is 0 Å². The summed E-state index contributed by atoms with van der Waals surface area (Å²) in [6.07, 6.45) is 14.5. The highest BCUT2D eigenvalue weighted by molar-refractivity contribution is 5.73. The van der Waals surface area contributed by atoms with Crippen molar-refractivity contribution in [2.75, 3.05) is 0 Å². The highest BCUT2D eigenvalue weighted by Gasteiger charge is 2.16. The first-order valence-corrected chi connectivity index (χ1v) is 9.28. The summed E-state index contributed by atoms with van der Waals surface area (Å²) in [6, 6.07) is 14.2. The summed E-state index contributed by atoms with van der Waals surface area (Å²) in [5, 5.41) is 0. The van der Waals surface area contributed by atoms with Crippen LogP contribution in [0.1, 0.15) is 48.4 Å². The average molecular weight is 316 g/mol. The molecule has 0 atom stereocenters. The molecule has 0 unspecified atom stereocenters. The predicted molar refractivity (Wildman–Crippen MR) is 106 cm³/mol. The summed E-state index contributed by atoms with van der Waals surface area (Å²) in [7, 11) is 0. The fourth-order valence-corrected chi connectivity index (χ4v) is 3.67. The van der Waals surface area contributed by atoms with Gasteiger partial charge in [0.25, 0.3) is 0 Å². The minimum atomic E-state index is 1.06. The van der Waals surface area contributed by atoms with Gasteiger partial charge in [0.1, 0.15) is 0 Å². The monoisotopic (exact) mass is 316 g/mol. The van der Waals surface area contributed by atoms with E-state index >= 15 is 0 Å². The van der Waals surface area contributed by atoms with Crippen molar-refractivity contribution in [2.45, 2.75) is 51.9 Å². The van der Waals surface area contributed by atoms with Crippen LogP contribution in [-0.2, 0) is 25.7 Å². The second-order valence-corrected chi connectivity index (χ2v) is 6.77. The molecule has 0 heterocycles. The van der Waals surface area contributed by atoms with Crippen LogP contribution in [0, 0.1) is 0 Å². The molecule has 0 heteroatoms. The van der Waals surface area contributed by atoms with Crippen molar-refractivity contribution in [2.24, 2.45) is 0 Å². The first kappa shape index (κ1) is 16.8. The summed E-state index contributed by atoms with van der Waals surface area (Å²) in [4.78, 5) is 0. The average Bonchev–Trinajstić information content (AvgIpc) is 2.63. The Kier molecular flexibility index (Phi) is 5.69. The van der Waals surface area contributed by atoms with E-state index in [0.29, 0.717) is 0 Å². The van der Waals surface area contributed by atoms with Gasteiger partial charge in [-0.25, -0.2) is 0 Å². The van der Waals surface area contributed by atoms with E-state index in [1.165, 1.54) is 65.5 Å². The summed E-state index contributed by atoms with van der Waals surface area (Å²) < 4.78 is 0. The Balaban J connectivity index is 1.78. The van der Waals surface area contributed by atoms with E-state index in [1.807, 2.05) is 6.08 Å². The third-order valence-corrected chi connectivity index (χ3v) is 5.00. The van der Waals surface area contributed by atoms with Crippen LogP contribution < -0.4 is 0 Å². The van der Waals surface area contributed by atoms with Crippen molar-refractivity contribution in [3.8, 4) is 11.1 Å². The van der Waals surface area contributed by atoms with E-state index in [1.54, 1.807) is 0 Å². The molecular formula is C24H28. The molecule has 0 saturated heterocycles. The number of aryl methyl sites for hydroxylation is 4. The highest BCUT2D eigenvalue weighted by Crippen LogP contribution is 2.35. The lowest BCUT2D eigenvalue weighted by molar-refractivity contribution is 0.837. The number of hydrogen-bond acceptors (Lipinski definition) is 0. The molecule has 0 aliphatic heterocycles. The molecule has 0 nitrogen and oxygen atoms in total. The van der Waals surface area contributed by atoms with Gasteiger partial charge >= 0.3 is 0 Å². The van der Waals surface area contributed by atoms with E-state index in [0.717, 1.165) is 12.8 Å². The van der Waals surface area contributed by atoms with Gasteiger partial charge in [-0.05, 0) is 85.3 Å². The number of rotatable bonds is 7. The normalized spacial score (nSPS) is 12.9. The molecule has 1 aliphatic carbocycles. The molecule has 2 aromatic carbocycles. The van der Waals surface area contributed by atoms with Crippen LogP contribution in [0.5, 0.6) is 0 Å². The molecule has 0 fully saturated rings. The van der Waals surface area contributed by atoms with Gasteiger partial charge < -0.3 is 0 Å². The molecular weight excluding hydrogens is 288 g/mol. The Hall–Kier alpha value is -2.08. The molecule has 0 N–H and O–H groups in total. The second kappa shape index (κ2) is 8.15. The zero-order chi connectivity index (χ0) is 16.8. The number of benzene rings is 2. The Morgan fingerprint density at radius 3 is 2.08 bits per heavy atom. The number of hydrogen-bond donors (Lipinski definition) is 0. The van der Waals surface area contributed by atoms with Crippen molar-refractivity contribution < 1.29 is 0 Å². The van der Waals surface area contributed by atoms with E-state index < -0.39 is 0 Å². The Labute approximate surface area is 146 Å². The molecule has 0 aromatic heterocycles. The quantitative estimate of drug-likeness (QED) is 0.405. The van der Waals surface area contributed by atoms with Gasteiger partial charge in [0.05, 0.1) is 0 Å². The Morgan fingerprint density at radius 1 is 0.875 bits per heavy atom. The highest BCUT2D eigenvalue weighted by atomic mass is 14.2. The topological polar surface area (TPSA) is 0 Å². The number of allylic oxidation sites excluding steroid dienone is 3. The lowest BCUT2D eigenvalue weighted by atomic mass is 9.83. The molecule has 0 spiro atoms. The van der Waals surface area contributed by atoms with E-state index in [4.69, 9.17) is 0 Å². The molecule has 3 rings (SSSR count). The molecule has 0 bridgehead atoms. The minimum absolute atomic E-state index is 1.06. The van der Waals surface area contributed by atoms with Gasteiger partial charge in [-0.3, -0.25) is 0 Å². The van der Waals surface area contributed by atoms with Crippen molar-refractivity contribution in [1.29, 1.82) is 0 Å². The van der Waals surface area contributed by atoms with E-state index in [9.17, 15) is 0 Å². The van der Waals surface area contributed by atoms with Crippen LogP contribution >= 0.6 is 0 Å². The van der Waals surface area contributed by atoms with Crippen LogP contribution in [0.15, 0.2) is 61.2 Å². The molecule has 1 aliphatic rings. The van der Waals surface area contributed by atoms with Gasteiger partial charge in [0.15, 0.2) is 0 Å². The molecule has 0 amide bonds. The zero-order valence-corrected chi connectivity index (χ0v) is 14.9. The van der Waals surface area contributed by atoms with Crippen LogP contribution in [0.2, 0.25) is 0 Å². The van der Waals surface area contributed by atoms with E-state index in [-0.39, 0.29) is 0 Å². The summed E-state index contributed by atoms with van der Waals surface area (Å²) in [6.45, 7) is 5.93. The first-order chi connectivity index (χ1) is 11.8. The predicted octanol–water partition coefficient (Wildman–Crippen LogP) is 6.47. The van der Waals surface area contributed by atoms with Gasteiger partial charge in [-0.2, -0.15) is 0 Å². The first-order valence-electron chi connectivity index (χ1n) is 9.28. The second-order valence-electron chi connectivity index (χ2n) is 6.77. The fourth-order valence-electron chi connectivity index (χ4n) is 3.67. The van der Waals surface area contributed by atoms with Gasteiger partial charge in [-0.15, -0.1) is 6.58 Å². The molecule has 124 valence electrons.